The fourth-order valence-electron chi connectivity index (χ4n) is 5.06. The molecular weight excluding hydrogens is 442 g/mol. The predicted octanol–water partition coefficient (Wildman–Crippen LogP) is 3.49. The first-order valence-corrected chi connectivity index (χ1v) is 12.0. The summed E-state index contributed by atoms with van der Waals surface area (Å²) in [5, 5.41) is 9.68. The van der Waals surface area contributed by atoms with Crippen molar-refractivity contribution in [3.8, 4) is 11.3 Å². The highest BCUT2D eigenvalue weighted by Gasteiger charge is 2.28. The summed E-state index contributed by atoms with van der Waals surface area (Å²) < 4.78 is 6.51. The van der Waals surface area contributed by atoms with Crippen LogP contribution in [0.15, 0.2) is 33.6 Å². The number of nitrogens with zero attached hydrogens (tertiary/aromatic N) is 5. The van der Waals surface area contributed by atoms with Crippen LogP contribution in [0.3, 0.4) is 0 Å². The van der Waals surface area contributed by atoms with Crippen LogP contribution >= 0.6 is 11.6 Å². The maximum Gasteiger partial charge on any atom is 0.297 e. The Hall–Kier alpha value is -2.71. The van der Waals surface area contributed by atoms with E-state index in [1.165, 1.54) is 36.8 Å². The van der Waals surface area contributed by atoms with Crippen molar-refractivity contribution in [2.24, 2.45) is 0 Å². The van der Waals surface area contributed by atoms with Crippen molar-refractivity contribution in [3.05, 3.63) is 45.4 Å². The van der Waals surface area contributed by atoms with E-state index in [9.17, 15) is 9.59 Å². The van der Waals surface area contributed by atoms with Gasteiger partial charge in [-0.15, -0.1) is 0 Å². The topological polar surface area (TPSA) is 84.5 Å². The molecule has 1 saturated heterocycles. The largest absolute Gasteiger partial charge is 0.360 e. The molecule has 0 N–H and O–H groups in total. The van der Waals surface area contributed by atoms with Crippen LogP contribution in [-0.4, -0.2) is 62.9 Å². The van der Waals surface area contributed by atoms with Gasteiger partial charge in [0.2, 0.25) is 5.91 Å². The number of halogens is 1. The number of amides is 1. The molecule has 1 amide bonds. The number of rotatable bonds is 4. The zero-order valence-electron chi connectivity index (χ0n) is 18.8. The van der Waals surface area contributed by atoms with E-state index in [1.54, 1.807) is 19.1 Å². The molecule has 0 bridgehead atoms. The smallest absolute Gasteiger partial charge is 0.297 e. The molecule has 0 atom stereocenters. The lowest BCUT2D eigenvalue weighted by molar-refractivity contribution is -0.134. The van der Waals surface area contributed by atoms with Gasteiger partial charge in [-0.1, -0.05) is 48.2 Å². The van der Waals surface area contributed by atoms with Crippen molar-refractivity contribution in [1.82, 2.24) is 24.7 Å². The maximum absolute atomic E-state index is 13.1. The first-order chi connectivity index (χ1) is 16.0. The van der Waals surface area contributed by atoms with Gasteiger partial charge in [-0.3, -0.25) is 14.5 Å². The standard InChI is InChI=1S/C24H28ClN5O3/c1-16-21-22(17-7-9-18(25)10-8-17)26-30(24(32)23(21)27-33-16)15-20(31)29-13-11-28(12-14-29)19-5-3-2-4-6-19/h7-10,19H,2-6,11-15H2,1H3. The van der Waals surface area contributed by atoms with Crippen LogP contribution in [-0.2, 0) is 11.3 Å². The molecule has 1 saturated carbocycles. The third-order valence-electron chi connectivity index (χ3n) is 6.92. The molecule has 8 nitrogen and oxygen atoms in total. The Bertz CT molecular complexity index is 1210. The zero-order chi connectivity index (χ0) is 22.9. The molecule has 0 spiro atoms. The number of benzene rings is 1. The summed E-state index contributed by atoms with van der Waals surface area (Å²) in [4.78, 5) is 30.5. The number of aryl methyl sites for hydroxylation is 1. The number of carbonyl (C=O) groups excluding carboxylic acids is 1. The molecule has 5 rings (SSSR count). The van der Waals surface area contributed by atoms with E-state index >= 15 is 0 Å². The fourth-order valence-corrected chi connectivity index (χ4v) is 5.19. The first kappa shape index (κ1) is 22.1. The summed E-state index contributed by atoms with van der Waals surface area (Å²) >= 11 is 6.04. The van der Waals surface area contributed by atoms with Crippen molar-refractivity contribution < 1.29 is 9.32 Å². The molecule has 0 radical (unpaired) electrons. The van der Waals surface area contributed by atoms with Crippen LogP contribution in [0.25, 0.3) is 22.2 Å². The highest BCUT2D eigenvalue weighted by Crippen LogP contribution is 2.28. The normalized spacial score (nSPS) is 18.2. The highest BCUT2D eigenvalue weighted by molar-refractivity contribution is 6.30. The monoisotopic (exact) mass is 469 g/mol. The molecule has 33 heavy (non-hydrogen) atoms. The lowest BCUT2D eigenvalue weighted by Gasteiger charge is -2.40. The van der Waals surface area contributed by atoms with Crippen LogP contribution < -0.4 is 5.56 Å². The molecule has 1 aliphatic heterocycles. The Labute approximate surface area is 197 Å². The van der Waals surface area contributed by atoms with Crippen molar-refractivity contribution in [3.63, 3.8) is 0 Å². The number of fused-ring (bicyclic) bond motifs is 1. The van der Waals surface area contributed by atoms with Gasteiger partial charge in [0.15, 0.2) is 5.52 Å². The van der Waals surface area contributed by atoms with Crippen molar-refractivity contribution >= 4 is 28.4 Å². The number of piperazine rings is 1. The van der Waals surface area contributed by atoms with Crippen molar-refractivity contribution in [1.29, 1.82) is 0 Å². The first-order valence-electron chi connectivity index (χ1n) is 11.7. The quantitative estimate of drug-likeness (QED) is 0.581. The van der Waals surface area contributed by atoms with Gasteiger partial charge in [0.1, 0.15) is 18.0 Å². The van der Waals surface area contributed by atoms with Crippen LogP contribution in [0.2, 0.25) is 5.02 Å². The molecule has 2 aromatic heterocycles. The van der Waals surface area contributed by atoms with Gasteiger partial charge in [-0.05, 0) is 31.9 Å². The van der Waals surface area contributed by atoms with Gasteiger partial charge in [0.05, 0.1) is 5.39 Å². The summed E-state index contributed by atoms with van der Waals surface area (Å²) in [5.74, 6) is 0.409. The van der Waals surface area contributed by atoms with Crippen molar-refractivity contribution in [2.75, 3.05) is 26.2 Å². The van der Waals surface area contributed by atoms with Crippen LogP contribution in [0.1, 0.15) is 37.9 Å². The number of hydrogen-bond acceptors (Lipinski definition) is 6. The van der Waals surface area contributed by atoms with Gasteiger partial charge in [-0.2, -0.15) is 5.10 Å². The maximum atomic E-state index is 13.1. The molecule has 174 valence electrons. The Morgan fingerprint density at radius 2 is 1.79 bits per heavy atom. The molecule has 2 aliphatic rings. The second kappa shape index (κ2) is 9.27. The third kappa shape index (κ3) is 4.42. The van der Waals surface area contributed by atoms with Crippen LogP contribution in [0.5, 0.6) is 0 Å². The van der Waals surface area contributed by atoms with E-state index in [4.69, 9.17) is 16.1 Å². The van der Waals surface area contributed by atoms with E-state index in [0.29, 0.717) is 41.0 Å². The Kier molecular flexibility index (Phi) is 6.21. The van der Waals surface area contributed by atoms with Gasteiger partial charge >= 0.3 is 0 Å². The molecule has 2 fully saturated rings. The Morgan fingerprint density at radius 1 is 1.09 bits per heavy atom. The SMILES string of the molecule is Cc1onc2c(=O)n(CC(=O)N3CCN(C4CCCCC4)CC3)nc(-c3ccc(Cl)cc3)c12. The fraction of sp³-hybridized carbons (Fsp3) is 0.500. The average molecular weight is 470 g/mol. The molecular formula is C24H28ClN5O3. The minimum atomic E-state index is -0.422. The van der Waals surface area contributed by atoms with Crippen LogP contribution in [0.4, 0.5) is 0 Å². The summed E-state index contributed by atoms with van der Waals surface area (Å²) in [7, 11) is 0. The molecule has 1 aliphatic carbocycles. The van der Waals surface area contributed by atoms with E-state index in [0.717, 1.165) is 18.7 Å². The van der Waals surface area contributed by atoms with Gasteiger partial charge < -0.3 is 9.42 Å². The van der Waals surface area contributed by atoms with Crippen molar-refractivity contribution in [2.45, 2.75) is 51.6 Å². The van der Waals surface area contributed by atoms with E-state index in [2.05, 4.69) is 15.2 Å². The predicted molar refractivity (Wildman–Crippen MR) is 126 cm³/mol. The lowest BCUT2D eigenvalue weighted by atomic mass is 9.94. The molecule has 9 heteroatoms. The molecule has 1 aromatic carbocycles. The summed E-state index contributed by atoms with van der Waals surface area (Å²) in [5.41, 5.74) is 1.09. The van der Waals surface area contributed by atoms with Gasteiger partial charge in [0.25, 0.3) is 5.56 Å². The van der Waals surface area contributed by atoms with E-state index < -0.39 is 5.56 Å². The van der Waals surface area contributed by atoms with E-state index in [-0.39, 0.29) is 18.0 Å². The number of aromatic nitrogens is 3. The van der Waals surface area contributed by atoms with E-state index in [1.807, 2.05) is 17.0 Å². The molecule has 3 heterocycles. The second-order valence-electron chi connectivity index (χ2n) is 8.99. The summed E-state index contributed by atoms with van der Waals surface area (Å²) in [6.45, 7) is 4.76. The number of carbonyl (C=O) groups is 1. The summed E-state index contributed by atoms with van der Waals surface area (Å²) in [6, 6.07) is 7.84. The van der Waals surface area contributed by atoms with Gasteiger partial charge in [-0.25, -0.2) is 4.68 Å². The van der Waals surface area contributed by atoms with Crippen LogP contribution in [0, 0.1) is 6.92 Å². The third-order valence-corrected chi connectivity index (χ3v) is 7.17. The Morgan fingerprint density at radius 3 is 2.48 bits per heavy atom. The average Bonchev–Trinajstić information content (AvgIpc) is 3.24. The highest BCUT2D eigenvalue weighted by atomic mass is 35.5. The summed E-state index contributed by atoms with van der Waals surface area (Å²) in [6.07, 6.45) is 6.47. The Balaban J connectivity index is 1.37. The minimum Gasteiger partial charge on any atom is -0.360 e. The zero-order valence-corrected chi connectivity index (χ0v) is 19.6. The lowest BCUT2D eigenvalue weighted by Crippen LogP contribution is -2.53. The molecule has 3 aromatic rings. The minimum absolute atomic E-state index is 0.102. The molecule has 0 unspecified atom stereocenters. The second-order valence-corrected chi connectivity index (χ2v) is 9.43. The van der Waals surface area contributed by atoms with Gasteiger partial charge in [0, 0.05) is 42.8 Å². The number of hydrogen-bond donors (Lipinski definition) is 0.